The van der Waals surface area contributed by atoms with Gasteiger partial charge in [0.15, 0.2) is 0 Å². The van der Waals surface area contributed by atoms with Gasteiger partial charge >= 0.3 is 0 Å². The van der Waals surface area contributed by atoms with Gasteiger partial charge in [0.2, 0.25) is 0 Å². The fourth-order valence-electron chi connectivity index (χ4n) is 2.24. The molecule has 0 spiro atoms. The molecule has 90 valence electrons. The van der Waals surface area contributed by atoms with Crippen LogP contribution in [0.2, 0.25) is 0 Å². The Bertz CT molecular complexity index is 322. The van der Waals surface area contributed by atoms with Gasteiger partial charge < -0.3 is 9.84 Å². The maximum Gasteiger partial charge on any atom is 0.137 e. The first-order valence-electron chi connectivity index (χ1n) is 6.32. The van der Waals surface area contributed by atoms with Crippen molar-refractivity contribution in [3.05, 3.63) is 17.0 Å². The highest BCUT2D eigenvalue weighted by molar-refractivity contribution is 5.20. The molecule has 16 heavy (non-hydrogen) atoms. The van der Waals surface area contributed by atoms with Crippen LogP contribution < -0.4 is 5.32 Å². The van der Waals surface area contributed by atoms with Crippen molar-refractivity contribution in [2.75, 3.05) is 6.54 Å². The van der Waals surface area contributed by atoms with Gasteiger partial charge in [0.1, 0.15) is 5.76 Å². The SMILES string of the molecule is Cc1noc(C)c1CCNC(C)CC1CC1. The van der Waals surface area contributed by atoms with E-state index in [0.717, 1.165) is 30.3 Å². The average molecular weight is 222 g/mol. The first-order chi connectivity index (χ1) is 7.66. The third-order valence-electron chi connectivity index (χ3n) is 3.43. The molecule has 0 bridgehead atoms. The molecule has 1 aromatic rings. The maximum absolute atomic E-state index is 5.15. The van der Waals surface area contributed by atoms with Crippen molar-refractivity contribution in [1.29, 1.82) is 0 Å². The van der Waals surface area contributed by atoms with Gasteiger partial charge in [-0.15, -0.1) is 0 Å². The van der Waals surface area contributed by atoms with Gasteiger partial charge in [-0.2, -0.15) is 0 Å². The van der Waals surface area contributed by atoms with Gasteiger partial charge in [-0.3, -0.25) is 0 Å². The van der Waals surface area contributed by atoms with Gasteiger partial charge in [0, 0.05) is 11.6 Å². The molecule has 0 amide bonds. The summed E-state index contributed by atoms with van der Waals surface area (Å²) in [4.78, 5) is 0. The van der Waals surface area contributed by atoms with Gasteiger partial charge in [0.05, 0.1) is 5.69 Å². The number of aryl methyl sites for hydroxylation is 2. The minimum atomic E-state index is 0.646. The number of nitrogens with one attached hydrogen (secondary N) is 1. The second kappa shape index (κ2) is 5.00. The van der Waals surface area contributed by atoms with E-state index in [1.54, 1.807) is 0 Å². The van der Waals surface area contributed by atoms with Crippen molar-refractivity contribution in [1.82, 2.24) is 10.5 Å². The van der Waals surface area contributed by atoms with Crippen LogP contribution in [-0.2, 0) is 6.42 Å². The summed E-state index contributed by atoms with van der Waals surface area (Å²) >= 11 is 0. The van der Waals surface area contributed by atoms with Crippen molar-refractivity contribution >= 4 is 0 Å². The molecule has 1 aromatic heterocycles. The molecule has 0 radical (unpaired) electrons. The number of hydrogen-bond acceptors (Lipinski definition) is 3. The largest absolute Gasteiger partial charge is 0.361 e. The zero-order valence-corrected chi connectivity index (χ0v) is 10.5. The molecular formula is C13H22N2O. The standard InChI is InChI=1S/C13H22N2O/c1-9(8-12-4-5-12)14-7-6-13-10(2)15-16-11(13)3/h9,12,14H,4-8H2,1-3H3. The summed E-state index contributed by atoms with van der Waals surface area (Å²) in [6, 6.07) is 0.646. The van der Waals surface area contributed by atoms with Crippen LogP contribution in [0, 0.1) is 19.8 Å². The highest BCUT2D eigenvalue weighted by Gasteiger charge is 2.23. The fraction of sp³-hybridized carbons (Fsp3) is 0.769. The molecule has 1 unspecified atom stereocenters. The molecule has 1 aliphatic carbocycles. The van der Waals surface area contributed by atoms with Gasteiger partial charge in [-0.1, -0.05) is 18.0 Å². The zero-order valence-electron chi connectivity index (χ0n) is 10.5. The van der Waals surface area contributed by atoms with E-state index >= 15 is 0 Å². The van der Waals surface area contributed by atoms with E-state index in [2.05, 4.69) is 17.4 Å². The van der Waals surface area contributed by atoms with Crippen LogP contribution in [-0.4, -0.2) is 17.7 Å². The first-order valence-corrected chi connectivity index (χ1v) is 6.32. The number of rotatable bonds is 6. The van der Waals surface area contributed by atoms with Crippen LogP contribution in [0.15, 0.2) is 4.52 Å². The number of hydrogen-bond donors (Lipinski definition) is 1. The minimum absolute atomic E-state index is 0.646. The Hall–Kier alpha value is -0.830. The predicted molar refractivity (Wildman–Crippen MR) is 64.5 cm³/mol. The molecule has 0 aromatic carbocycles. The lowest BCUT2D eigenvalue weighted by Crippen LogP contribution is -2.28. The van der Waals surface area contributed by atoms with Crippen LogP contribution in [0.5, 0.6) is 0 Å². The van der Waals surface area contributed by atoms with E-state index in [4.69, 9.17) is 4.52 Å². The fourth-order valence-corrected chi connectivity index (χ4v) is 2.24. The molecule has 1 N–H and O–H groups in total. The molecule has 3 nitrogen and oxygen atoms in total. The van der Waals surface area contributed by atoms with Crippen molar-refractivity contribution in [2.24, 2.45) is 5.92 Å². The van der Waals surface area contributed by atoms with Crippen molar-refractivity contribution in [3.8, 4) is 0 Å². The van der Waals surface area contributed by atoms with Crippen LogP contribution in [0.4, 0.5) is 0 Å². The Kier molecular flexibility index (Phi) is 3.64. The summed E-state index contributed by atoms with van der Waals surface area (Å²) in [5.74, 6) is 1.97. The summed E-state index contributed by atoms with van der Waals surface area (Å²) in [7, 11) is 0. The highest BCUT2D eigenvalue weighted by atomic mass is 16.5. The van der Waals surface area contributed by atoms with E-state index in [-0.39, 0.29) is 0 Å². The smallest absolute Gasteiger partial charge is 0.137 e. The Balaban J connectivity index is 1.70. The third kappa shape index (κ3) is 3.08. The third-order valence-corrected chi connectivity index (χ3v) is 3.43. The summed E-state index contributed by atoms with van der Waals surface area (Å²) < 4.78 is 5.15. The molecule has 1 atom stereocenters. The molecule has 0 saturated heterocycles. The lowest BCUT2D eigenvalue weighted by atomic mass is 10.1. The van der Waals surface area contributed by atoms with Crippen LogP contribution >= 0.6 is 0 Å². The van der Waals surface area contributed by atoms with Crippen molar-refractivity contribution in [3.63, 3.8) is 0 Å². The maximum atomic E-state index is 5.15. The average Bonchev–Trinajstić information content (AvgIpc) is 2.99. The van der Waals surface area contributed by atoms with E-state index in [0.29, 0.717) is 6.04 Å². The molecule has 3 heteroatoms. The topological polar surface area (TPSA) is 38.1 Å². The summed E-state index contributed by atoms with van der Waals surface area (Å²) in [5, 5.41) is 7.55. The van der Waals surface area contributed by atoms with E-state index in [1.807, 2.05) is 13.8 Å². The van der Waals surface area contributed by atoms with Crippen LogP contribution in [0.3, 0.4) is 0 Å². The molecule has 0 aliphatic heterocycles. The summed E-state index contributed by atoms with van der Waals surface area (Å²) in [6.07, 6.45) is 5.24. The van der Waals surface area contributed by atoms with Crippen molar-refractivity contribution < 1.29 is 4.52 Å². The Morgan fingerprint density at radius 2 is 2.19 bits per heavy atom. The highest BCUT2D eigenvalue weighted by Crippen LogP contribution is 2.33. The van der Waals surface area contributed by atoms with Crippen LogP contribution in [0.25, 0.3) is 0 Å². The number of aromatic nitrogens is 1. The van der Waals surface area contributed by atoms with E-state index in [9.17, 15) is 0 Å². The lowest BCUT2D eigenvalue weighted by Gasteiger charge is -2.12. The van der Waals surface area contributed by atoms with E-state index in [1.165, 1.54) is 24.8 Å². The van der Waals surface area contributed by atoms with E-state index < -0.39 is 0 Å². The first kappa shape index (κ1) is 11.6. The van der Waals surface area contributed by atoms with Gasteiger partial charge in [0.25, 0.3) is 0 Å². The quantitative estimate of drug-likeness (QED) is 0.804. The zero-order chi connectivity index (χ0) is 11.5. The predicted octanol–water partition coefficient (Wildman–Crippen LogP) is 2.61. The molecule has 2 rings (SSSR count). The summed E-state index contributed by atoms with van der Waals surface area (Å²) in [6.45, 7) is 7.31. The van der Waals surface area contributed by atoms with Gasteiger partial charge in [-0.05, 0) is 46.1 Å². The Labute approximate surface area is 97.6 Å². The normalized spacial score (nSPS) is 17.7. The molecule has 1 heterocycles. The second-order valence-electron chi connectivity index (χ2n) is 5.09. The Morgan fingerprint density at radius 1 is 1.44 bits per heavy atom. The lowest BCUT2D eigenvalue weighted by molar-refractivity contribution is 0.392. The second-order valence-corrected chi connectivity index (χ2v) is 5.09. The molecule has 1 aliphatic rings. The summed E-state index contributed by atoms with van der Waals surface area (Å²) in [5.41, 5.74) is 2.31. The molecule has 1 fully saturated rings. The minimum Gasteiger partial charge on any atom is -0.361 e. The monoisotopic (exact) mass is 222 g/mol. The van der Waals surface area contributed by atoms with Crippen LogP contribution in [0.1, 0.15) is 43.2 Å². The molecule has 1 saturated carbocycles. The molecular weight excluding hydrogens is 200 g/mol. The number of nitrogens with zero attached hydrogens (tertiary/aromatic N) is 1. The van der Waals surface area contributed by atoms with Gasteiger partial charge in [-0.25, -0.2) is 0 Å². The van der Waals surface area contributed by atoms with Crippen molar-refractivity contribution in [2.45, 2.75) is 52.5 Å². The Morgan fingerprint density at radius 3 is 2.75 bits per heavy atom.